The van der Waals surface area contributed by atoms with Gasteiger partial charge in [0, 0.05) is 25.0 Å². The Morgan fingerprint density at radius 3 is 2.85 bits per heavy atom. The topological polar surface area (TPSA) is 32.3 Å². The van der Waals surface area contributed by atoms with Crippen LogP contribution in [0.4, 0.5) is 0 Å². The molecule has 1 heterocycles. The van der Waals surface area contributed by atoms with Gasteiger partial charge < -0.3 is 10.2 Å². The number of amides is 1. The molecule has 1 fully saturated rings. The zero-order chi connectivity index (χ0) is 9.84. The second-order valence-electron chi connectivity index (χ2n) is 4.00. The van der Waals surface area contributed by atoms with Crippen molar-refractivity contribution in [2.24, 2.45) is 0 Å². The van der Waals surface area contributed by atoms with Crippen LogP contribution in [0.5, 0.6) is 0 Å². The van der Waals surface area contributed by atoms with Crippen molar-refractivity contribution in [1.82, 2.24) is 10.2 Å². The molecule has 76 valence electrons. The molecule has 0 radical (unpaired) electrons. The highest BCUT2D eigenvalue weighted by atomic mass is 16.2. The minimum atomic E-state index is 0.321. The van der Waals surface area contributed by atoms with Crippen LogP contribution < -0.4 is 5.32 Å². The number of nitrogens with zero attached hydrogens (tertiary/aromatic N) is 1. The fourth-order valence-electron chi connectivity index (χ4n) is 2.11. The molecule has 0 spiro atoms. The summed E-state index contributed by atoms with van der Waals surface area (Å²) in [7, 11) is 1.94. The Morgan fingerprint density at radius 1 is 1.62 bits per heavy atom. The van der Waals surface area contributed by atoms with E-state index in [1.807, 2.05) is 11.9 Å². The van der Waals surface area contributed by atoms with Crippen LogP contribution in [-0.2, 0) is 4.79 Å². The monoisotopic (exact) mass is 184 g/mol. The third kappa shape index (κ3) is 2.44. The third-order valence-corrected chi connectivity index (χ3v) is 2.61. The van der Waals surface area contributed by atoms with Gasteiger partial charge in [-0.25, -0.2) is 0 Å². The number of piperidine rings is 1. The molecule has 0 bridgehead atoms. The van der Waals surface area contributed by atoms with E-state index in [0.717, 1.165) is 25.8 Å². The predicted octanol–water partition coefficient (Wildman–Crippen LogP) is 0.995. The molecule has 1 saturated heterocycles. The Hall–Kier alpha value is -0.570. The van der Waals surface area contributed by atoms with E-state index in [1.54, 1.807) is 0 Å². The first-order valence-electron chi connectivity index (χ1n) is 5.12. The van der Waals surface area contributed by atoms with Crippen molar-refractivity contribution < 1.29 is 4.79 Å². The molecule has 1 atom stereocenters. The summed E-state index contributed by atoms with van der Waals surface area (Å²) in [6, 6.07) is 0.748. The van der Waals surface area contributed by atoms with Gasteiger partial charge in [-0.1, -0.05) is 0 Å². The zero-order valence-corrected chi connectivity index (χ0v) is 8.84. The Balaban J connectivity index is 2.62. The van der Waals surface area contributed by atoms with Crippen LogP contribution in [0.1, 0.15) is 33.1 Å². The Labute approximate surface area is 80.5 Å². The first-order chi connectivity index (χ1) is 6.16. The van der Waals surface area contributed by atoms with Gasteiger partial charge in [0.1, 0.15) is 0 Å². The van der Waals surface area contributed by atoms with Gasteiger partial charge in [0.25, 0.3) is 0 Å². The summed E-state index contributed by atoms with van der Waals surface area (Å²) in [6.07, 6.45) is 2.93. The maximum Gasteiger partial charge on any atom is 0.223 e. The highest BCUT2D eigenvalue weighted by Gasteiger charge is 2.28. The van der Waals surface area contributed by atoms with Crippen molar-refractivity contribution in [3.8, 4) is 0 Å². The van der Waals surface area contributed by atoms with Gasteiger partial charge in [-0.3, -0.25) is 4.79 Å². The lowest BCUT2D eigenvalue weighted by Crippen LogP contribution is -2.51. The van der Waals surface area contributed by atoms with E-state index in [4.69, 9.17) is 0 Å². The molecule has 1 amide bonds. The van der Waals surface area contributed by atoms with Crippen molar-refractivity contribution in [2.45, 2.75) is 45.2 Å². The van der Waals surface area contributed by atoms with E-state index in [1.165, 1.54) is 0 Å². The quantitative estimate of drug-likeness (QED) is 0.709. The van der Waals surface area contributed by atoms with Gasteiger partial charge in [0.15, 0.2) is 0 Å². The summed E-state index contributed by atoms with van der Waals surface area (Å²) in [5.41, 5.74) is 0. The molecule has 0 aliphatic carbocycles. The van der Waals surface area contributed by atoms with Crippen molar-refractivity contribution in [3.05, 3.63) is 0 Å². The molecule has 3 heteroatoms. The van der Waals surface area contributed by atoms with Crippen LogP contribution in [0.2, 0.25) is 0 Å². The van der Waals surface area contributed by atoms with Gasteiger partial charge in [-0.15, -0.1) is 0 Å². The fraction of sp³-hybridized carbons (Fsp3) is 0.900. The number of likely N-dealkylation sites (tertiary alicyclic amines) is 1. The van der Waals surface area contributed by atoms with E-state index >= 15 is 0 Å². The normalized spacial score (nSPS) is 24.2. The van der Waals surface area contributed by atoms with Gasteiger partial charge in [-0.05, 0) is 33.7 Å². The number of carbonyl (C=O) groups is 1. The van der Waals surface area contributed by atoms with Crippen LogP contribution in [0.15, 0.2) is 0 Å². The highest BCUT2D eigenvalue weighted by molar-refractivity contribution is 5.77. The number of hydrogen-bond donors (Lipinski definition) is 1. The number of likely N-dealkylation sites (N-methyl/N-ethyl adjacent to an activating group) is 1. The van der Waals surface area contributed by atoms with E-state index in [0.29, 0.717) is 18.0 Å². The number of carbonyl (C=O) groups excluding carboxylic acids is 1. The average molecular weight is 184 g/mol. The minimum absolute atomic E-state index is 0.321. The lowest BCUT2D eigenvalue weighted by Gasteiger charge is -2.38. The highest BCUT2D eigenvalue weighted by Crippen LogP contribution is 2.19. The van der Waals surface area contributed by atoms with Crippen molar-refractivity contribution in [1.29, 1.82) is 0 Å². The second kappa shape index (κ2) is 4.61. The fourth-order valence-corrected chi connectivity index (χ4v) is 2.11. The van der Waals surface area contributed by atoms with E-state index in [2.05, 4.69) is 19.2 Å². The summed E-state index contributed by atoms with van der Waals surface area (Å²) < 4.78 is 0. The van der Waals surface area contributed by atoms with Gasteiger partial charge in [0.05, 0.1) is 0 Å². The smallest absolute Gasteiger partial charge is 0.223 e. The maximum absolute atomic E-state index is 11.6. The first kappa shape index (κ1) is 10.5. The van der Waals surface area contributed by atoms with Crippen LogP contribution in [0, 0.1) is 0 Å². The molecule has 0 aromatic heterocycles. The molecule has 1 aliphatic heterocycles. The van der Waals surface area contributed by atoms with E-state index in [-0.39, 0.29) is 0 Å². The molecular formula is C10H20N2O. The van der Waals surface area contributed by atoms with Gasteiger partial charge in [0.2, 0.25) is 5.91 Å². The first-order valence-corrected chi connectivity index (χ1v) is 5.12. The standard InChI is InChI=1S/C10H20N2O/c1-8(2)12-9(7-11-3)5-4-6-10(12)13/h8-9,11H,4-7H2,1-3H3. The summed E-state index contributed by atoms with van der Waals surface area (Å²) in [6.45, 7) is 5.10. The van der Waals surface area contributed by atoms with Crippen LogP contribution in [0.25, 0.3) is 0 Å². The molecular weight excluding hydrogens is 164 g/mol. The molecule has 0 saturated carbocycles. The lowest BCUT2D eigenvalue weighted by atomic mass is 10.00. The number of nitrogens with one attached hydrogen (secondary N) is 1. The molecule has 1 unspecified atom stereocenters. The molecule has 1 aliphatic rings. The maximum atomic E-state index is 11.6. The zero-order valence-electron chi connectivity index (χ0n) is 8.84. The molecule has 3 nitrogen and oxygen atoms in total. The summed E-state index contributed by atoms with van der Waals surface area (Å²) in [5.74, 6) is 0.321. The SMILES string of the molecule is CNCC1CCCC(=O)N1C(C)C. The van der Waals surface area contributed by atoms with Crippen molar-refractivity contribution in [3.63, 3.8) is 0 Å². The van der Waals surface area contributed by atoms with Crippen LogP contribution in [0.3, 0.4) is 0 Å². The number of rotatable bonds is 3. The Morgan fingerprint density at radius 2 is 2.31 bits per heavy atom. The Kier molecular flexibility index (Phi) is 3.72. The molecule has 0 aromatic carbocycles. The predicted molar refractivity (Wildman–Crippen MR) is 53.5 cm³/mol. The van der Waals surface area contributed by atoms with Gasteiger partial charge >= 0.3 is 0 Å². The van der Waals surface area contributed by atoms with Crippen LogP contribution in [-0.4, -0.2) is 36.5 Å². The summed E-state index contributed by atoms with van der Waals surface area (Å²) in [4.78, 5) is 13.6. The lowest BCUT2D eigenvalue weighted by molar-refractivity contribution is -0.138. The number of hydrogen-bond acceptors (Lipinski definition) is 2. The molecule has 1 N–H and O–H groups in total. The summed E-state index contributed by atoms with van der Waals surface area (Å²) >= 11 is 0. The molecule has 13 heavy (non-hydrogen) atoms. The van der Waals surface area contributed by atoms with Crippen molar-refractivity contribution >= 4 is 5.91 Å². The second-order valence-corrected chi connectivity index (χ2v) is 4.00. The van der Waals surface area contributed by atoms with E-state index < -0.39 is 0 Å². The third-order valence-electron chi connectivity index (χ3n) is 2.61. The Bertz CT molecular complexity index is 178. The average Bonchev–Trinajstić information content (AvgIpc) is 2.04. The molecule has 1 rings (SSSR count). The minimum Gasteiger partial charge on any atom is -0.336 e. The van der Waals surface area contributed by atoms with E-state index in [9.17, 15) is 4.79 Å². The van der Waals surface area contributed by atoms with Crippen molar-refractivity contribution in [2.75, 3.05) is 13.6 Å². The van der Waals surface area contributed by atoms with Gasteiger partial charge in [-0.2, -0.15) is 0 Å². The summed E-state index contributed by atoms with van der Waals surface area (Å²) in [5, 5.41) is 3.15. The van der Waals surface area contributed by atoms with Crippen LogP contribution >= 0.6 is 0 Å². The largest absolute Gasteiger partial charge is 0.336 e. The molecule has 0 aromatic rings.